The van der Waals surface area contributed by atoms with Crippen molar-refractivity contribution in [3.63, 3.8) is 0 Å². The van der Waals surface area contributed by atoms with Gasteiger partial charge >= 0.3 is 0 Å². The molecule has 0 saturated carbocycles. The molecular weight excluding hydrogens is 250 g/mol. The number of ketones is 1. The van der Waals surface area contributed by atoms with Gasteiger partial charge in [0.15, 0.2) is 12.1 Å². The molecule has 0 spiro atoms. The van der Waals surface area contributed by atoms with Crippen LogP contribution in [0.2, 0.25) is 0 Å². The lowest BCUT2D eigenvalue weighted by Crippen LogP contribution is -2.26. The minimum atomic E-state index is -0.0736. The fraction of sp³-hybridized carbons (Fsp3) is 0.176. The Labute approximate surface area is 118 Å². The third kappa shape index (κ3) is 3.39. The van der Waals surface area contributed by atoms with Crippen molar-refractivity contribution in [2.75, 3.05) is 6.54 Å². The van der Waals surface area contributed by atoms with Gasteiger partial charge in [-0.15, -0.1) is 0 Å². The van der Waals surface area contributed by atoms with Crippen molar-refractivity contribution in [3.8, 4) is 0 Å². The minimum absolute atomic E-state index is 0.0736. The highest BCUT2D eigenvalue weighted by atomic mass is 16.1. The fourth-order valence-electron chi connectivity index (χ4n) is 2.05. The zero-order valence-corrected chi connectivity index (χ0v) is 11.4. The normalized spacial score (nSPS) is 11.8. The summed E-state index contributed by atoms with van der Waals surface area (Å²) in [4.78, 5) is 23.1. The van der Waals surface area contributed by atoms with E-state index >= 15 is 0 Å². The van der Waals surface area contributed by atoms with E-state index in [1.165, 1.54) is 0 Å². The van der Waals surface area contributed by atoms with Crippen LogP contribution >= 0.6 is 0 Å². The van der Waals surface area contributed by atoms with Crippen molar-refractivity contribution in [1.29, 1.82) is 0 Å². The summed E-state index contributed by atoms with van der Waals surface area (Å²) in [6.45, 7) is 2.22. The second-order valence-electron chi connectivity index (χ2n) is 4.64. The Kier molecular flexibility index (Phi) is 4.80. The Hall–Kier alpha value is -2.26. The molecule has 0 aliphatic heterocycles. The molecule has 0 aliphatic rings. The van der Waals surface area contributed by atoms with Crippen LogP contribution in [0.1, 0.15) is 39.2 Å². The summed E-state index contributed by atoms with van der Waals surface area (Å²) in [6, 6.07) is 16.9. The molecule has 3 heteroatoms. The van der Waals surface area contributed by atoms with Gasteiger partial charge in [-0.1, -0.05) is 54.6 Å². The van der Waals surface area contributed by atoms with Gasteiger partial charge in [0, 0.05) is 17.2 Å². The molecule has 102 valence electrons. The number of carbonyl (C=O) groups is 2. The molecule has 0 aliphatic carbocycles. The Morgan fingerprint density at radius 2 is 1.75 bits per heavy atom. The van der Waals surface area contributed by atoms with E-state index in [0.29, 0.717) is 17.4 Å². The van der Waals surface area contributed by atoms with Crippen molar-refractivity contribution >= 4 is 12.1 Å². The highest BCUT2D eigenvalue weighted by Gasteiger charge is 2.12. The van der Waals surface area contributed by atoms with Gasteiger partial charge in [0.1, 0.15) is 0 Å². The Morgan fingerprint density at radius 1 is 1.10 bits per heavy atom. The SMILES string of the molecule is CC(NCC(=O)c1ccccc1C=O)c1ccccc1. The van der Waals surface area contributed by atoms with E-state index < -0.39 is 0 Å². The average molecular weight is 267 g/mol. The lowest BCUT2D eigenvalue weighted by atomic mass is 10.0. The quantitative estimate of drug-likeness (QED) is 0.646. The van der Waals surface area contributed by atoms with Crippen LogP contribution in [0.5, 0.6) is 0 Å². The van der Waals surface area contributed by atoms with Crippen molar-refractivity contribution in [2.24, 2.45) is 0 Å². The predicted octanol–water partition coefficient (Wildman–Crippen LogP) is 3.03. The van der Waals surface area contributed by atoms with Gasteiger partial charge in [-0.25, -0.2) is 0 Å². The van der Waals surface area contributed by atoms with Gasteiger partial charge in [-0.2, -0.15) is 0 Å². The summed E-state index contributed by atoms with van der Waals surface area (Å²) in [6.07, 6.45) is 0.716. The van der Waals surface area contributed by atoms with Gasteiger partial charge in [0.25, 0.3) is 0 Å². The highest BCUT2D eigenvalue weighted by molar-refractivity contribution is 6.03. The smallest absolute Gasteiger partial charge is 0.177 e. The molecule has 2 rings (SSSR count). The van der Waals surface area contributed by atoms with E-state index in [-0.39, 0.29) is 18.4 Å². The first-order valence-electron chi connectivity index (χ1n) is 6.58. The first-order valence-corrected chi connectivity index (χ1v) is 6.58. The monoisotopic (exact) mass is 267 g/mol. The van der Waals surface area contributed by atoms with Gasteiger partial charge in [-0.3, -0.25) is 9.59 Å². The maximum absolute atomic E-state index is 12.1. The molecule has 0 heterocycles. The van der Waals surface area contributed by atoms with Crippen LogP contribution in [0, 0.1) is 0 Å². The van der Waals surface area contributed by atoms with E-state index in [9.17, 15) is 9.59 Å². The first kappa shape index (κ1) is 14.2. The largest absolute Gasteiger partial charge is 0.303 e. The van der Waals surface area contributed by atoms with Gasteiger partial charge in [-0.05, 0) is 12.5 Å². The summed E-state index contributed by atoms with van der Waals surface area (Å²) in [7, 11) is 0. The van der Waals surface area contributed by atoms with E-state index in [4.69, 9.17) is 0 Å². The minimum Gasteiger partial charge on any atom is -0.303 e. The van der Waals surface area contributed by atoms with Crippen LogP contribution in [0.25, 0.3) is 0 Å². The predicted molar refractivity (Wildman–Crippen MR) is 79.0 cm³/mol. The van der Waals surface area contributed by atoms with Crippen LogP contribution in [0.3, 0.4) is 0 Å². The Bertz CT molecular complexity index is 593. The van der Waals surface area contributed by atoms with Crippen molar-refractivity contribution in [1.82, 2.24) is 5.32 Å². The molecule has 1 N–H and O–H groups in total. The van der Waals surface area contributed by atoms with Crippen molar-refractivity contribution in [3.05, 3.63) is 71.3 Å². The summed E-state index contributed by atoms with van der Waals surface area (Å²) in [5.74, 6) is -0.0736. The number of benzene rings is 2. The van der Waals surface area contributed by atoms with Gasteiger partial charge in [0.2, 0.25) is 0 Å². The lowest BCUT2D eigenvalue weighted by Gasteiger charge is -2.14. The Balaban J connectivity index is 2.00. The average Bonchev–Trinajstić information content (AvgIpc) is 2.53. The maximum Gasteiger partial charge on any atom is 0.177 e. The van der Waals surface area contributed by atoms with Crippen molar-refractivity contribution < 1.29 is 9.59 Å². The van der Waals surface area contributed by atoms with Crippen LogP contribution in [0.15, 0.2) is 54.6 Å². The molecular formula is C17H17NO2. The molecule has 1 atom stereocenters. The Morgan fingerprint density at radius 3 is 2.45 bits per heavy atom. The summed E-state index contributed by atoms with van der Waals surface area (Å²) in [5.41, 5.74) is 2.03. The third-order valence-corrected chi connectivity index (χ3v) is 3.26. The molecule has 0 aromatic heterocycles. The van der Waals surface area contributed by atoms with Crippen LogP contribution < -0.4 is 5.32 Å². The van der Waals surface area contributed by atoms with Gasteiger partial charge in [0.05, 0.1) is 6.54 Å². The number of nitrogens with one attached hydrogen (secondary N) is 1. The molecule has 0 radical (unpaired) electrons. The molecule has 2 aromatic rings. The third-order valence-electron chi connectivity index (χ3n) is 3.26. The van der Waals surface area contributed by atoms with Crippen LogP contribution in [-0.4, -0.2) is 18.6 Å². The molecule has 0 fully saturated rings. The molecule has 0 bridgehead atoms. The standard InChI is InChI=1S/C17H17NO2/c1-13(14-7-3-2-4-8-14)18-11-17(20)16-10-6-5-9-15(16)12-19/h2-10,12-13,18H,11H2,1H3. The number of carbonyl (C=O) groups excluding carboxylic acids is 2. The zero-order valence-electron chi connectivity index (χ0n) is 11.4. The molecule has 2 aromatic carbocycles. The number of Topliss-reactive ketones (excluding diaryl/α,β-unsaturated/α-hetero) is 1. The van der Waals surface area contributed by atoms with Gasteiger partial charge < -0.3 is 5.32 Å². The van der Waals surface area contributed by atoms with E-state index in [1.54, 1.807) is 24.3 Å². The molecule has 3 nitrogen and oxygen atoms in total. The second-order valence-corrected chi connectivity index (χ2v) is 4.64. The number of rotatable bonds is 6. The highest BCUT2D eigenvalue weighted by Crippen LogP contribution is 2.12. The number of hydrogen-bond donors (Lipinski definition) is 1. The van der Waals surface area contributed by atoms with Crippen LogP contribution in [-0.2, 0) is 0 Å². The maximum atomic E-state index is 12.1. The van der Waals surface area contributed by atoms with E-state index in [2.05, 4.69) is 5.32 Å². The number of hydrogen-bond acceptors (Lipinski definition) is 3. The fourth-order valence-corrected chi connectivity index (χ4v) is 2.05. The second kappa shape index (κ2) is 6.78. The van der Waals surface area contributed by atoms with Crippen molar-refractivity contribution in [2.45, 2.75) is 13.0 Å². The zero-order chi connectivity index (χ0) is 14.4. The van der Waals surface area contributed by atoms with E-state index in [1.807, 2.05) is 37.3 Å². The lowest BCUT2D eigenvalue weighted by molar-refractivity contribution is 0.0981. The number of aldehydes is 1. The summed E-state index contributed by atoms with van der Waals surface area (Å²) < 4.78 is 0. The molecule has 1 unspecified atom stereocenters. The van der Waals surface area contributed by atoms with E-state index in [0.717, 1.165) is 5.56 Å². The molecule has 20 heavy (non-hydrogen) atoms. The first-order chi connectivity index (χ1) is 9.72. The summed E-state index contributed by atoms with van der Waals surface area (Å²) in [5, 5.41) is 3.18. The van der Waals surface area contributed by atoms with Crippen LogP contribution in [0.4, 0.5) is 0 Å². The summed E-state index contributed by atoms with van der Waals surface area (Å²) >= 11 is 0. The molecule has 0 amide bonds. The topological polar surface area (TPSA) is 46.2 Å². The molecule has 0 saturated heterocycles.